The number of thioether (sulfide) groups is 1. The van der Waals surface area contributed by atoms with Gasteiger partial charge in [0.05, 0.1) is 0 Å². The van der Waals surface area contributed by atoms with Crippen molar-refractivity contribution in [3.8, 4) is 0 Å². The molecule has 2 rings (SSSR count). The average molecular weight is 286 g/mol. The first-order chi connectivity index (χ1) is 9.33. The molecule has 1 saturated heterocycles. The first kappa shape index (κ1) is 15.6. The second-order valence-corrected chi connectivity index (χ2v) is 6.99. The molecular formula is C15H30N2OS. The number of hydrogen-bond donors (Lipinski definition) is 2. The van der Waals surface area contributed by atoms with E-state index in [1.54, 1.807) is 0 Å². The van der Waals surface area contributed by atoms with Gasteiger partial charge in [-0.05, 0) is 51.4 Å². The van der Waals surface area contributed by atoms with E-state index in [4.69, 9.17) is 5.11 Å². The van der Waals surface area contributed by atoms with Crippen molar-refractivity contribution in [2.24, 2.45) is 0 Å². The van der Waals surface area contributed by atoms with Crippen LogP contribution in [0.4, 0.5) is 0 Å². The molecule has 1 aliphatic heterocycles. The number of hydrogen-bond acceptors (Lipinski definition) is 4. The third-order valence-electron chi connectivity index (χ3n) is 4.69. The van der Waals surface area contributed by atoms with Gasteiger partial charge in [0.25, 0.3) is 0 Å². The molecule has 2 fully saturated rings. The van der Waals surface area contributed by atoms with E-state index in [1.165, 1.54) is 51.6 Å². The predicted octanol–water partition coefficient (Wildman–Crippen LogP) is 2.10. The van der Waals surface area contributed by atoms with Crippen molar-refractivity contribution >= 4 is 11.8 Å². The van der Waals surface area contributed by atoms with Gasteiger partial charge >= 0.3 is 0 Å². The number of piperidine rings is 1. The summed E-state index contributed by atoms with van der Waals surface area (Å²) in [6.07, 6.45) is 11.3. The Hall–Kier alpha value is 0.230. The molecule has 0 bridgehead atoms. The smallest absolute Gasteiger partial charge is 0.0446 e. The fraction of sp³-hybridized carbons (Fsp3) is 1.00. The van der Waals surface area contributed by atoms with Crippen LogP contribution < -0.4 is 5.32 Å². The molecule has 0 aromatic rings. The summed E-state index contributed by atoms with van der Waals surface area (Å²) in [5.74, 6) is 1.11. The minimum absolute atomic E-state index is 0.305. The lowest BCUT2D eigenvalue weighted by Crippen LogP contribution is -2.49. The Kier molecular flexibility index (Phi) is 6.99. The van der Waals surface area contributed by atoms with E-state index in [9.17, 15) is 0 Å². The molecule has 1 heterocycles. The molecule has 0 aromatic carbocycles. The largest absolute Gasteiger partial charge is 0.396 e. The Labute approximate surface area is 122 Å². The van der Waals surface area contributed by atoms with Crippen LogP contribution in [0.15, 0.2) is 0 Å². The van der Waals surface area contributed by atoms with Gasteiger partial charge < -0.3 is 15.3 Å². The van der Waals surface area contributed by atoms with E-state index in [1.807, 2.05) is 11.8 Å². The molecule has 0 radical (unpaired) electrons. The van der Waals surface area contributed by atoms with E-state index in [-0.39, 0.29) is 0 Å². The van der Waals surface area contributed by atoms with Crippen molar-refractivity contribution < 1.29 is 5.11 Å². The predicted molar refractivity (Wildman–Crippen MR) is 83.9 cm³/mol. The normalized spacial score (nSPS) is 24.9. The molecule has 0 amide bonds. The number of rotatable bonds is 7. The number of aliphatic hydroxyl groups excluding tert-OH is 1. The quantitative estimate of drug-likeness (QED) is 0.751. The standard InChI is InChI=1S/C15H30N2OS/c1-19-12-14(8-11-18)16-13-6-9-17(10-7-13)15-4-2-3-5-15/h13-16,18H,2-12H2,1H3. The van der Waals surface area contributed by atoms with E-state index in [0.29, 0.717) is 18.7 Å². The van der Waals surface area contributed by atoms with Crippen LogP contribution in [-0.4, -0.2) is 59.8 Å². The molecule has 1 aliphatic carbocycles. The Morgan fingerprint density at radius 3 is 2.47 bits per heavy atom. The maximum Gasteiger partial charge on any atom is 0.0446 e. The Morgan fingerprint density at radius 1 is 1.21 bits per heavy atom. The summed E-state index contributed by atoms with van der Waals surface area (Å²) in [5.41, 5.74) is 0. The molecule has 4 heteroatoms. The average Bonchev–Trinajstić information content (AvgIpc) is 2.94. The van der Waals surface area contributed by atoms with Gasteiger partial charge in [0, 0.05) is 30.5 Å². The van der Waals surface area contributed by atoms with E-state index in [2.05, 4.69) is 16.5 Å². The van der Waals surface area contributed by atoms with Gasteiger partial charge in [-0.1, -0.05) is 12.8 Å². The van der Waals surface area contributed by atoms with Crippen molar-refractivity contribution in [1.29, 1.82) is 0 Å². The summed E-state index contributed by atoms with van der Waals surface area (Å²) in [6.45, 7) is 2.85. The monoisotopic (exact) mass is 286 g/mol. The summed E-state index contributed by atoms with van der Waals surface area (Å²) >= 11 is 1.88. The fourth-order valence-corrected chi connectivity index (χ4v) is 4.27. The number of likely N-dealkylation sites (tertiary alicyclic amines) is 1. The maximum absolute atomic E-state index is 9.12. The van der Waals surface area contributed by atoms with Gasteiger partial charge in [-0.3, -0.25) is 0 Å². The highest BCUT2D eigenvalue weighted by Crippen LogP contribution is 2.26. The van der Waals surface area contributed by atoms with Crippen LogP contribution in [0.3, 0.4) is 0 Å². The van der Waals surface area contributed by atoms with Gasteiger partial charge in [0.1, 0.15) is 0 Å². The number of nitrogens with one attached hydrogen (secondary N) is 1. The molecule has 112 valence electrons. The molecule has 0 aromatic heterocycles. The summed E-state index contributed by atoms with van der Waals surface area (Å²) in [4.78, 5) is 2.72. The number of aliphatic hydroxyl groups is 1. The van der Waals surface area contributed by atoms with Crippen molar-refractivity contribution in [1.82, 2.24) is 10.2 Å². The van der Waals surface area contributed by atoms with Gasteiger partial charge in [0.15, 0.2) is 0 Å². The first-order valence-electron chi connectivity index (χ1n) is 7.93. The van der Waals surface area contributed by atoms with E-state index in [0.717, 1.165) is 18.2 Å². The molecule has 3 nitrogen and oxygen atoms in total. The third-order valence-corrected chi connectivity index (χ3v) is 5.42. The van der Waals surface area contributed by atoms with Crippen LogP contribution in [-0.2, 0) is 0 Å². The molecule has 2 aliphatic rings. The SMILES string of the molecule is CSCC(CCO)NC1CCN(C2CCCC2)CC1. The lowest BCUT2D eigenvalue weighted by Gasteiger charge is -2.37. The summed E-state index contributed by atoms with van der Waals surface area (Å²) in [6, 6.07) is 2.05. The lowest BCUT2D eigenvalue weighted by atomic mass is 10.0. The fourth-order valence-electron chi connectivity index (χ4n) is 3.61. The zero-order valence-corrected chi connectivity index (χ0v) is 13.1. The van der Waals surface area contributed by atoms with Crippen molar-refractivity contribution in [3.05, 3.63) is 0 Å². The highest BCUT2D eigenvalue weighted by molar-refractivity contribution is 7.98. The zero-order chi connectivity index (χ0) is 13.5. The minimum Gasteiger partial charge on any atom is -0.396 e. The van der Waals surface area contributed by atoms with Crippen LogP contribution in [0.25, 0.3) is 0 Å². The van der Waals surface area contributed by atoms with Crippen molar-refractivity contribution in [3.63, 3.8) is 0 Å². The minimum atomic E-state index is 0.305. The third kappa shape index (κ3) is 4.92. The molecule has 1 atom stereocenters. The molecule has 19 heavy (non-hydrogen) atoms. The van der Waals surface area contributed by atoms with Crippen LogP contribution in [0.2, 0.25) is 0 Å². The van der Waals surface area contributed by atoms with Crippen molar-refractivity contribution in [2.75, 3.05) is 31.7 Å². The molecule has 1 unspecified atom stereocenters. The van der Waals surface area contributed by atoms with Crippen LogP contribution >= 0.6 is 11.8 Å². The van der Waals surface area contributed by atoms with Crippen LogP contribution in [0.5, 0.6) is 0 Å². The zero-order valence-electron chi connectivity index (χ0n) is 12.3. The summed E-state index contributed by atoms with van der Waals surface area (Å²) in [7, 11) is 0. The van der Waals surface area contributed by atoms with Gasteiger partial charge in [0.2, 0.25) is 0 Å². The van der Waals surface area contributed by atoms with Gasteiger partial charge in [-0.2, -0.15) is 11.8 Å². The topological polar surface area (TPSA) is 35.5 Å². The number of nitrogens with zero attached hydrogens (tertiary/aromatic N) is 1. The van der Waals surface area contributed by atoms with Crippen LogP contribution in [0, 0.1) is 0 Å². The maximum atomic E-state index is 9.12. The molecule has 0 spiro atoms. The highest BCUT2D eigenvalue weighted by atomic mass is 32.2. The highest BCUT2D eigenvalue weighted by Gasteiger charge is 2.27. The Bertz CT molecular complexity index is 232. The molecular weight excluding hydrogens is 256 g/mol. The summed E-state index contributed by atoms with van der Waals surface area (Å²) < 4.78 is 0. The summed E-state index contributed by atoms with van der Waals surface area (Å²) in [5, 5.41) is 12.9. The molecule has 1 saturated carbocycles. The lowest BCUT2D eigenvalue weighted by molar-refractivity contribution is 0.139. The van der Waals surface area contributed by atoms with E-state index < -0.39 is 0 Å². The molecule has 2 N–H and O–H groups in total. The van der Waals surface area contributed by atoms with Crippen molar-refractivity contribution in [2.45, 2.75) is 63.1 Å². The first-order valence-corrected chi connectivity index (χ1v) is 9.32. The van der Waals surface area contributed by atoms with Gasteiger partial charge in [-0.25, -0.2) is 0 Å². The Morgan fingerprint density at radius 2 is 1.89 bits per heavy atom. The Balaban J connectivity index is 1.69. The van der Waals surface area contributed by atoms with E-state index >= 15 is 0 Å². The second-order valence-electron chi connectivity index (χ2n) is 6.08. The second kappa shape index (κ2) is 8.50. The van der Waals surface area contributed by atoms with Crippen LogP contribution in [0.1, 0.15) is 44.9 Å². The van der Waals surface area contributed by atoms with Gasteiger partial charge in [-0.15, -0.1) is 0 Å².